The molecule has 0 unspecified atom stereocenters. The lowest BCUT2D eigenvalue weighted by atomic mass is 10.4. The molecular formula is C5H8N2O2. The fourth-order valence-electron chi connectivity index (χ4n) is 0.265. The summed E-state index contributed by atoms with van der Waals surface area (Å²) in [6.07, 6.45) is -0.0972. The first kappa shape index (κ1) is 7.81. The first-order valence-electron chi connectivity index (χ1n) is 2.31. The number of nitrogens with zero attached hydrogens (tertiary/aromatic N) is 1. The number of nitrogens with one attached hydrogen (secondary N) is 1. The monoisotopic (exact) mass is 128 g/mol. The second-order valence-corrected chi connectivity index (χ2v) is 1.36. The van der Waals surface area contributed by atoms with Crippen molar-refractivity contribution in [1.29, 1.82) is 5.41 Å². The van der Waals surface area contributed by atoms with Gasteiger partial charge in [0.25, 0.3) is 0 Å². The van der Waals surface area contributed by atoms with Crippen LogP contribution in [0.5, 0.6) is 0 Å². The Kier molecular flexibility index (Phi) is 3.27. The van der Waals surface area contributed by atoms with Crippen LogP contribution in [0.1, 0.15) is 6.42 Å². The van der Waals surface area contributed by atoms with E-state index in [9.17, 15) is 4.79 Å². The molecule has 4 nitrogen and oxygen atoms in total. The van der Waals surface area contributed by atoms with Crippen LogP contribution in [0.2, 0.25) is 0 Å². The molecule has 0 aliphatic carbocycles. The molecule has 0 aliphatic heterocycles. The van der Waals surface area contributed by atoms with E-state index in [4.69, 9.17) is 5.41 Å². The van der Waals surface area contributed by atoms with Gasteiger partial charge in [-0.2, -0.15) is 0 Å². The molecule has 0 rings (SSSR count). The summed E-state index contributed by atoms with van der Waals surface area (Å²) in [6.45, 7) is 3.07. The molecule has 0 saturated heterocycles. The number of hydrogen-bond donors (Lipinski definition) is 1. The highest BCUT2D eigenvalue weighted by Gasteiger charge is 2.01. The Bertz CT molecular complexity index is 142. The molecule has 0 heterocycles. The van der Waals surface area contributed by atoms with E-state index in [1.165, 1.54) is 7.11 Å². The number of hydrogen-bond acceptors (Lipinski definition) is 3. The molecule has 0 atom stereocenters. The molecule has 0 aromatic carbocycles. The van der Waals surface area contributed by atoms with Crippen LogP contribution in [0, 0.1) is 5.41 Å². The molecular weight excluding hydrogens is 120 g/mol. The molecule has 50 valence electrons. The summed E-state index contributed by atoms with van der Waals surface area (Å²) in [5.74, 6) is -0.533. The molecule has 0 aliphatic rings. The third-order valence-electron chi connectivity index (χ3n) is 0.730. The van der Waals surface area contributed by atoms with Crippen molar-refractivity contribution >= 4 is 18.5 Å². The minimum atomic E-state index is -0.465. The summed E-state index contributed by atoms with van der Waals surface area (Å²) in [6, 6.07) is 0. The van der Waals surface area contributed by atoms with Crippen molar-refractivity contribution in [3.8, 4) is 0 Å². The molecule has 9 heavy (non-hydrogen) atoms. The summed E-state index contributed by atoms with van der Waals surface area (Å²) >= 11 is 0. The predicted molar refractivity (Wildman–Crippen MR) is 33.9 cm³/mol. The molecule has 0 amide bonds. The Hall–Kier alpha value is -1.19. The number of carbonyl (C=O) groups excluding carboxylic acids is 1. The van der Waals surface area contributed by atoms with E-state index in [2.05, 4.69) is 16.4 Å². The second-order valence-electron chi connectivity index (χ2n) is 1.36. The summed E-state index contributed by atoms with van der Waals surface area (Å²) in [5.41, 5.74) is 0. The van der Waals surface area contributed by atoms with Crippen molar-refractivity contribution < 1.29 is 9.53 Å². The lowest BCUT2D eigenvalue weighted by Gasteiger charge is -1.93. The standard InChI is InChI=1S/C5H8N2O2/c1-7-4(6)3-5(8)9-2/h6H,1,3H2,2H3. The highest BCUT2D eigenvalue weighted by atomic mass is 16.5. The van der Waals surface area contributed by atoms with Crippen molar-refractivity contribution in [3.05, 3.63) is 0 Å². The zero-order chi connectivity index (χ0) is 7.28. The first-order valence-corrected chi connectivity index (χ1v) is 2.31. The van der Waals surface area contributed by atoms with Crippen molar-refractivity contribution in [2.75, 3.05) is 7.11 Å². The third-order valence-corrected chi connectivity index (χ3v) is 0.730. The number of aliphatic imine (C=N–C) groups is 1. The van der Waals surface area contributed by atoms with Crippen molar-refractivity contribution in [1.82, 2.24) is 0 Å². The van der Waals surface area contributed by atoms with E-state index >= 15 is 0 Å². The van der Waals surface area contributed by atoms with Crippen molar-refractivity contribution in [3.63, 3.8) is 0 Å². The SMILES string of the molecule is C=NC(=N)CC(=O)OC. The molecule has 1 N–H and O–H groups in total. The summed E-state index contributed by atoms with van der Waals surface area (Å²) < 4.78 is 4.26. The lowest BCUT2D eigenvalue weighted by molar-refractivity contribution is -0.139. The van der Waals surface area contributed by atoms with Crippen molar-refractivity contribution in [2.24, 2.45) is 4.99 Å². The number of amidine groups is 1. The summed E-state index contributed by atoms with van der Waals surface area (Å²) in [5, 5.41) is 6.84. The fourth-order valence-corrected chi connectivity index (χ4v) is 0.265. The van der Waals surface area contributed by atoms with E-state index in [0.717, 1.165) is 0 Å². The number of carbonyl (C=O) groups is 1. The maximum absolute atomic E-state index is 10.3. The van der Waals surface area contributed by atoms with Gasteiger partial charge in [-0.25, -0.2) is 4.99 Å². The second kappa shape index (κ2) is 3.77. The van der Waals surface area contributed by atoms with Gasteiger partial charge in [0.2, 0.25) is 0 Å². The van der Waals surface area contributed by atoms with Gasteiger partial charge in [-0.3, -0.25) is 10.2 Å². The Morgan fingerprint density at radius 2 is 2.44 bits per heavy atom. The number of ether oxygens (including phenoxy) is 1. The number of rotatable bonds is 2. The van der Waals surface area contributed by atoms with E-state index in [1.54, 1.807) is 0 Å². The minimum Gasteiger partial charge on any atom is -0.469 e. The minimum absolute atomic E-state index is 0.0677. The Labute approximate surface area is 53.1 Å². The molecule has 0 aromatic rings. The van der Waals surface area contributed by atoms with E-state index in [-0.39, 0.29) is 12.3 Å². The molecule has 0 spiro atoms. The molecule has 4 heteroatoms. The molecule has 0 bridgehead atoms. The topological polar surface area (TPSA) is 62.5 Å². The van der Waals surface area contributed by atoms with Gasteiger partial charge in [0, 0.05) is 0 Å². The smallest absolute Gasteiger partial charge is 0.313 e. The average Bonchev–Trinajstić information content (AvgIpc) is 1.87. The van der Waals surface area contributed by atoms with E-state index < -0.39 is 5.97 Å². The van der Waals surface area contributed by atoms with Crippen LogP contribution in [0.25, 0.3) is 0 Å². The van der Waals surface area contributed by atoms with Crippen LogP contribution in [0.15, 0.2) is 4.99 Å². The van der Waals surface area contributed by atoms with Crippen LogP contribution in [0.3, 0.4) is 0 Å². The van der Waals surface area contributed by atoms with Gasteiger partial charge in [0.05, 0.1) is 7.11 Å². The Morgan fingerprint density at radius 3 is 2.78 bits per heavy atom. The van der Waals surface area contributed by atoms with E-state index in [0.29, 0.717) is 0 Å². The van der Waals surface area contributed by atoms with Gasteiger partial charge >= 0.3 is 5.97 Å². The van der Waals surface area contributed by atoms with Crippen LogP contribution in [0.4, 0.5) is 0 Å². The Morgan fingerprint density at radius 1 is 1.89 bits per heavy atom. The number of methoxy groups -OCH3 is 1. The summed E-state index contributed by atoms with van der Waals surface area (Å²) in [4.78, 5) is 13.5. The maximum atomic E-state index is 10.3. The van der Waals surface area contributed by atoms with Gasteiger partial charge in [0.15, 0.2) is 0 Å². The van der Waals surface area contributed by atoms with Gasteiger partial charge in [0.1, 0.15) is 12.3 Å². The third kappa shape index (κ3) is 3.40. The van der Waals surface area contributed by atoms with Crippen LogP contribution in [-0.4, -0.2) is 25.6 Å². The van der Waals surface area contributed by atoms with Crippen LogP contribution >= 0.6 is 0 Å². The zero-order valence-corrected chi connectivity index (χ0v) is 5.18. The Balaban J connectivity index is 3.59. The normalized spacial score (nSPS) is 8.11. The molecule has 0 saturated carbocycles. The molecule has 0 radical (unpaired) electrons. The quantitative estimate of drug-likeness (QED) is 0.328. The zero-order valence-electron chi connectivity index (χ0n) is 5.18. The van der Waals surface area contributed by atoms with Crippen LogP contribution in [-0.2, 0) is 9.53 Å². The highest BCUT2D eigenvalue weighted by Crippen LogP contribution is 1.86. The van der Waals surface area contributed by atoms with Gasteiger partial charge < -0.3 is 4.74 Å². The van der Waals surface area contributed by atoms with Gasteiger partial charge in [-0.05, 0) is 6.72 Å². The number of esters is 1. The van der Waals surface area contributed by atoms with E-state index in [1.807, 2.05) is 0 Å². The lowest BCUT2D eigenvalue weighted by Crippen LogP contribution is -2.05. The summed E-state index contributed by atoms with van der Waals surface area (Å²) in [7, 11) is 1.26. The van der Waals surface area contributed by atoms with Crippen LogP contribution < -0.4 is 0 Å². The fraction of sp³-hybridized carbons (Fsp3) is 0.400. The highest BCUT2D eigenvalue weighted by molar-refractivity contribution is 5.97. The van der Waals surface area contributed by atoms with Gasteiger partial charge in [-0.1, -0.05) is 0 Å². The first-order chi connectivity index (χ1) is 4.20. The molecule has 0 fully saturated rings. The maximum Gasteiger partial charge on any atom is 0.313 e. The largest absolute Gasteiger partial charge is 0.469 e. The average molecular weight is 128 g/mol. The van der Waals surface area contributed by atoms with Crippen molar-refractivity contribution in [2.45, 2.75) is 6.42 Å². The molecule has 0 aromatic heterocycles. The predicted octanol–water partition coefficient (Wildman–Crippen LogP) is 0.227. The van der Waals surface area contributed by atoms with Gasteiger partial charge in [-0.15, -0.1) is 0 Å².